The maximum atomic E-state index is 10.8. The van der Waals surface area contributed by atoms with Crippen molar-refractivity contribution in [1.29, 1.82) is 0 Å². The molecule has 0 N–H and O–H groups in total. The van der Waals surface area contributed by atoms with Crippen LogP contribution in [0.25, 0.3) is 0 Å². The minimum atomic E-state index is -0.254. The summed E-state index contributed by atoms with van der Waals surface area (Å²) in [6.07, 6.45) is 2.61. The summed E-state index contributed by atoms with van der Waals surface area (Å²) in [5.41, 5.74) is 0.240. The lowest BCUT2D eigenvalue weighted by molar-refractivity contribution is 0.101. The highest BCUT2D eigenvalue weighted by molar-refractivity contribution is 6.30. The summed E-state index contributed by atoms with van der Waals surface area (Å²) >= 11 is 10.7. The fraction of sp³-hybridized carbons (Fsp3) is 0.167. The minimum absolute atomic E-state index is 0.0870. The Hall–Kier alpha value is -0.670. The summed E-state index contributed by atoms with van der Waals surface area (Å²) in [7, 11) is 0. The molecule has 0 spiro atoms. The Labute approximate surface area is 73.4 Å². The van der Waals surface area contributed by atoms with Crippen molar-refractivity contribution in [2.45, 2.75) is 0 Å². The van der Waals surface area contributed by atoms with E-state index in [2.05, 4.69) is 9.97 Å². The van der Waals surface area contributed by atoms with Gasteiger partial charge in [-0.2, -0.15) is 0 Å². The summed E-state index contributed by atoms with van der Waals surface area (Å²) < 4.78 is 0. The second-order valence-electron chi connectivity index (χ2n) is 1.78. The van der Waals surface area contributed by atoms with E-state index in [4.69, 9.17) is 23.2 Å². The van der Waals surface area contributed by atoms with Gasteiger partial charge in [0.15, 0.2) is 5.78 Å². The van der Waals surface area contributed by atoms with Gasteiger partial charge in [-0.05, 0) is 0 Å². The average molecular weight is 191 g/mol. The molecule has 0 atom stereocenters. The highest BCUT2D eigenvalue weighted by Gasteiger charge is 2.04. The summed E-state index contributed by atoms with van der Waals surface area (Å²) in [6.45, 7) is 0. The van der Waals surface area contributed by atoms with Crippen LogP contribution >= 0.6 is 23.2 Å². The van der Waals surface area contributed by atoms with E-state index in [1.807, 2.05) is 0 Å². The number of rotatable bonds is 2. The Morgan fingerprint density at radius 3 is 2.64 bits per heavy atom. The Kier molecular flexibility index (Phi) is 2.79. The Morgan fingerprint density at radius 1 is 1.45 bits per heavy atom. The van der Waals surface area contributed by atoms with Gasteiger partial charge in [0.1, 0.15) is 10.8 Å². The van der Waals surface area contributed by atoms with Gasteiger partial charge in [-0.1, -0.05) is 11.6 Å². The van der Waals surface area contributed by atoms with Gasteiger partial charge < -0.3 is 0 Å². The maximum Gasteiger partial charge on any atom is 0.197 e. The average Bonchev–Trinajstić information content (AvgIpc) is 2.05. The van der Waals surface area contributed by atoms with Gasteiger partial charge in [0.2, 0.25) is 0 Å². The summed E-state index contributed by atoms with van der Waals surface area (Å²) in [6, 6.07) is 0. The van der Waals surface area contributed by atoms with Crippen LogP contribution in [-0.4, -0.2) is 21.6 Å². The molecule has 0 unspecified atom stereocenters. The summed E-state index contributed by atoms with van der Waals surface area (Å²) in [4.78, 5) is 18.2. The fourth-order valence-electron chi connectivity index (χ4n) is 0.525. The number of carbonyl (C=O) groups excluding carboxylic acids is 1. The van der Waals surface area contributed by atoms with E-state index in [0.717, 1.165) is 0 Å². The van der Waals surface area contributed by atoms with E-state index >= 15 is 0 Å². The number of aromatic nitrogens is 2. The third-order valence-electron chi connectivity index (χ3n) is 1.03. The molecule has 0 fully saturated rings. The third-order valence-corrected chi connectivity index (χ3v) is 1.47. The summed E-state index contributed by atoms with van der Waals surface area (Å²) in [5.74, 6) is -0.341. The molecule has 0 radical (unpaired) electrons. The zero-order chi connectivity index (χ0) is 8.27. The molecule has 11 heavy (non-hydrogen) atoms. The van der Waals surface area contributed by atoms with Crippen molar-refractivity contribution >= 4 is 29.0 Å². The number of hydrogen-bond acceptors (Lipinski definition) is 3. The van der Waals surface area contributed by atoms with Crippen molar-refractivity contribution in [3.63, 3.8) is 0 Å². The van der Waals surface area contributed by atoms with Crippen LogP contribution < -0.4 is 0 Å². The molecule has 0 saturated heterocycles. The molecule has 0 aromatic carbocycles. The van der Waals surface area contributed by atoms with Crippen molar-refractivity contribution in [3.05, 3.63) is 23.2 Å². The fourth-order valence-corrected chi connectivity index (χ4v) is 0.759. The SMILES string of the molecule is O=C(CCl)c1cnc(Cl)cn1. The van der Waals surface area contributed by atoms with Gasteiger partial charge >= 0.3 is 0 Å². The van der Waals surface area contributed by atoms with Crippen LogP contribution in [0, 0.1) is 0 Å². The van der Waals surface area contributed by atoms with E-state index in [-0.39, 0.29) is 22.5 Å². The lowest BCUT2D eigenvalue weighted by Crippen LogP contribution is -2.03. The van der Waals surface area contributed by atoms with E-state index in [1.54, 1.807) is 0 Å². The zero-order valence-electron chi connectivity index (χ0n) is 5.42. The molecule has 0 aliphatic heterocycles. The molecule has 0 amide bonds. The number of alkyl halides is 1. The Morgan fingerprint density at radius 2 is 2.18 bits per heavy atom. The van der Waals surface area contributed by atoms with Crippen molar-refractivity contribution < 1.29 is 4.79 Å². The molecule has 1 heterocycles. The molecule has 5 heteroatoms. The van der Waals surface area contributed by atoms with Crippen molar-refractivity contribution in [2.75, 3.05) is 5.88 Å². The molecule has 0 saturated carbocycles. The maximum absolute atomic E-state index is 10.8. The van der Waals surface area contributed by atoms with Gasteiger partial charge in [0.25, 0.3) is 0 Å². The lowest BCUT2D eigenvalue weighted by Gasteiger charge is -1.93. The highest BCUT2D eigenvalue weighted by atomic mass is 35.5. The van der Waals surface area contributed by atoms with Gasteiger partial charge in [-0.25, -0.2) is 9.97 Å². The van der Waals surface area contributed by atoms with Crippen molar-refractivity contribution in [1.82, 2.24) is 9.97 Å². The molecule has 3 nitrogen and oxygen atoms in total. The van der Waals surface area contributed by atoms with E-state index in [1.165, 1.54) is 12.4 Å². The molecule has 0 bridgehead atoms. The van der Waals surface area contributed by atoms with Crippen LogP contribution in [0.2, 0.25) is 5.15 Å². The minimum Gasteiger partial charge on any atom is -0.291 e. The third kappa shape index (κ3) is 2.13. The second-order valence-corrected chi connectivity index (χ2v) is 2.44. The van der Waals surface area contributed by atoms with Crippen LogP contribution in [0.15, 0.2) is 12.4 Å². The monoisotopic (exact) mass is 190 g/mol. The van der Waals surface area contributed by atoms with Crippen LogP contribution in [0.4, 0.5) is 0 Å². The number of nitrogens with zero attached hydrogens (tertiary/aromatic N) is 2. The molecule has 1 aromatic rings. The first-order chi connectivity index (χ1) is 5.24. The summed E-state index contributed by atoms with van der Waals surface area (Å²) in [5, 5.41) is 0.260. The van der Waals surface area contributed by atoms with Gasteiger partial charge in [0.05, 0.1) is 18.3 Å². The van der Waals surface area contributed by atoms with E-state index in [0.29, 0.717) is 0 Å². The lowest BCUT2D eigenvalue weighted by atomic mass is 10.3. The smallest absolute Gasteiger partial charge is 0.197 e. The predicted octanol–water partition coefficient (Wildman–Crippen LogP) is 1.55. The first-order valence-electron chi connectivity index (χ1n) is 2.80. The predicted molar refractivity (Wildman–Crippen MR) is 42.1 cm³/mol. The topological polar surface area (TPSA) is 42.9 Å². The van der Waals surface area contributed by atoms with E-state index in [9.17, 15) is 4.79 Å². The molecule has 1 rings (SSSR count). The highest BCUT2D eigenvalue weighted by Crippen LogP contribution is 2.02. The van der Waals surface area contributed by atoms with Crippen molar-refractivity contribution in [2.24, 2.45) is 0 Å². The Balaban J connectivity index is 2.90. The normalized spacial score (nSPS) is 9.64. The molecular weight excluding hydrogens is 187 g/mol. The van der Waals surface area contributed by atoms with E-state index < -0.39 is 0 Å². The number of halogens is 2. The first-order valence-corrected chi connectivity index (χ1v) is 3.72. The second kappa shape index (κ2) is 3.64. The number of Topliss-reactive ketones (excluding diaryl/α,β-unsaturated/α-hetero) is 1. The van der Waals surface area contributed by atoms with Gasteiger partial charge in [0, 0.05) is 0 Å². The van der Waals surface area contributed by atoms with Crippen LogP contribution in [-0.2, 0) is 0 Å². The first kappa shape index (κ1) is 8.43. The van der Waals surface area contributed by atoms with Crippen LogP contribution in [0.3, 0.4) is 0 Å². The Bertz CT molecular complexity index is 260. The zero-order valence-corrected chi connectivity index (χ0v) is 6.93. The quantitative estimate of drug-likeness (QED) is 0.526. The molecule has 0 aliphatic rings. The molecule has 0 aliphatic carbocycles. The van der Waals surface area contributed by atoms with Gasteiger partial charge in [-0.3, -0.25) is 4.79 Å². The number of ketones is 1. The standard InChI is InChI=1S/C6H4Cl2N2O/c7-1-5(11)4-2-10-6(8)3-9-4/h2-3H,1H2. The van der Waals surface area contributed by atoms with Gasteiger partial charge in [-0.15, -0.1) is 11.6 Å². The van der Waals surface area contributed by atoms with Crippen LogP contribution in [0.1, 0.15) is 10.5 Å². The number of carbonyl (C=O) groups is 1. The molecule has 1 aromatic heterocycles. The molecular formula is C6H4Cl2N2O. The van der Waals surface area contributed by atoms with Crippen LogP contribution in [0.5, 0.6) is 0 Å². The van der Waals surface area contributed by atoms with Crippen molar-refractivity contribution in [3.8, 4) is 0 Å². The number of hydrogen-bond donors (Lipinski definition) is 0. The molecule has 58 valence electrons. The largest absolute Gasteiger partial charge is 0.291 e.